The molecule has 0 fully saturated rings. The fourth-order valence-corrected chi connectivity index (χ4v) is 1.63. The summed E-state index contributed by atoms with van der Waals surface area (Å²) in [7, 11) is 1.72. The van der Waals surface area contributed by atoms with Gasteiger partial charge in [0.15, 0.2) is 0 Å². The molecule has 1 rings (SSSR count). The highest BCUT2D eigenvalue weighted by Gasteiger charge is 2.07. The maximum Gasteiger partial charge on any atom is 0.115 e. The Morgan fingerprint density at radius 3 is 2.75 bits per heavy atom. The van der Waals surface area contributed by atoms with Crippen molar-refractivity contribution in [3.63, 3.8) is 0 Å². The minimum Gasteiger partial charge on any atom is -0.508 e. The van der Waals surface area contributed by atoms with Gasteiger partial charge in [0.05, 0.1) is 0 Å². The van der Waals surface area contributed by atoms with Crippen LogP contribution in [0.4, 0.5) is 0 Å². The molecule has 16 heavy (non-hydrogen) atoms. The molecular formula is C13H21NO2. The predicted molar refractivity (Wildman–Crippen MR) is 65.6 cm³/mol. The van der Waals surface area contributed by atoms with Gasteiger partial charge in [0.1, 0.15) is 5.75 Å². The molecule has 0 bridgehead atoms. The number of phenols is 1. The van der Waals surface area contributed by atoms with Crippen molar-refractivity contribution in [2.24, 2.45) is 5.92 Å². The standard InChI is InChI=1S/C13H21NO2/c1-10(9-16-3)8-14-11(2)12-5-4-6-13(15)7-12/h4-7,10-11,14-15H,8-9H2,1-3H3/t10-,11-/m1/s1. The lowest BCUT2D eigenvalue weighted by atomic mass is 10.1. The third-order valence-electron chi connectivity index (χ3n) is 2.59. The van der Waals surface area contributed by atoms with Crippen LogP contribution in [-0.2, 0) is 4.74 Å². The van der Waals surface area contributed by atoms with Crippen molar-refractivity contribution >= 4 is 0 Å². The van der Waals surface area contributed by atoms with Crippen LogP contribution >= 0.6 is 0 Å². The maximum absolute atomic E-state index is 9.38. The van der Waals surface area contributed by atoms with Gasteiger partial charge < -0.3 is 15.2 Å². The van der Waals surface area contributed by atoms with Gasteiger partial charge >= 0.3 is 0 Å². The van der Waals surface area contributed by atoms with E-state index < -0.39 is 0 Å². The number of hydrogen-bond donors (Lipinski definition) is 2. The Balaban J connectivity index is 2.43. The summed E-state index contributed by atoms with van der Waals surface area (Å²) in [4.78, 5) is 0. The predicted octanol–water partition coefficient (Wildman–Crippen LogP) is 2.33. The van der Waals surface area contributed by atoms with Crippen LogP contribution in [-0.4, -0.2) is 25.4 Å². The van der Waals surface area contributed by atoms with Crippen LogP contribution in [0.3, 0.4) is 0 Å². The molecule has 3 nitrogen and oxygen atoms in total. The van der Waals surface area contributed by atoms with Gasteiger partial charge in [-0.1, -0.05) is 19.1 Å². The summed E-state index contributed by atoms with van der Waals surface area (Å²) in [5.41, 5.74) is 1.10. The van der Waals surface area contributed by atoms with Crippen LogP contribution in [0, 0.1) is 5.92 Å². The smallest absolute Gasteiger partial charge is 0.115 e. The fraction of sp³-hybridized carbons (Fsp3) is 0.538. The van der Waals surface area contributed by atoms with E-state index in [9.17, 15) is 5.11 Å². The van der Waals surface area contributed by atoms with Gasteiger partial charge in [0.25, 0.3) is 0 Å². The van der Waals surface area contributed by atoms with E-state index in [1.807, 2.05) is 12.1 Å². The molecule has 0 aliphatic rings. The molecular weight excluding hydrogens is 202 g/mol. The van der Waals surface area contributed by atoms with E-state index in [2.05, 4.69) is 19.2 Å². The van der Waals surface area contributed by atoms with Crippen LogP contribution in [0.25, 0.3) is 0 Å². The van der Waals surface area contributed by atoms with Crippen molar-refractivity contribution in [3.8, 4) is 5.75 Å². The lowest BCUT2D eigenvalue weighted by molar-refractivity contribution is 0.157. The molecule has 1 aromatic rings. The van der Waals surface area contributed by atoms with Crippen LogP contribution in [0.2, 0.25) is 0 Å². The molecule has 0 spiro atoms. The Labute approximate surface area is 97.4 Å². The second-order valence-corrected chi connectivity index (χ2v) is 4.29. The average Bonchev–Trinajstić information content (AvgIpc) is 2.26. The topological polar surface area (TPSA) is 41.5 Å². The summed E-state index contributed by atoms with van der Waals surface area (Å²) < 4.78 is 5.08. The second-order valence-electron chi connectivity index (χ2n) is 4.29. The van der Waals surface area contributed by atoms with E-state index in [1.165, 1.54) is 0 Å². The number of hydrogen-bond acceptors (Lipinski definition) is 3. The van der Waals surface area contributed by atoms with Crippen molar-refractivity contribution in [2.45, 2.75) is 19.9 Å². The summed E-state index contributed by atoms with van der Waals surface area (Å²) in [5, 5.41) is 12.8. The second kappa shape index (κ2) is 6.51. The Kier molecular flexibility index (Phi) is 5.29. The van der Waals surface area contributed by atoms with Gasteiger partial charge in [-0.05, 0) is 30.5 Å². The first-order valence-corrected chi connectivity index (χ1v) is 5.64. The zero-order valence-electron chi connectivity index (χ0n) is 10.2. The maximum atomic E-state index is 9.38. The molecule has 1 aromatic carbocycles. The third-order valence-corrected chi connectivity index (χ3v) is 2.59. The zero-order valence-corrected chi connectivity index (χ0v) is 10.2. The van der Waals surface area contributed by atoms with Crippen LogP contribution in [0.15, 0.2) is 24.3 Å². The normalized spacial score (nSPS) is 14.7. The molecule has 0 saturated carbocycles. The largest absolute Gasteiger partial charge is 0.508 e. The summed E-state index contributed by atoms with van der Waals surface area (Å²) in [5.74, 6) is 0.806. The van der Waals surface area contributed by atoms with Gasteiger partial charge in [-0.2, -0.15) is 0 Å². The van der Waals surface area contributed by atoms with Crippen LogP contribution in [0.5, 0.6) is 5.75 Å². The van der Waals surface area contributed by atoms with Gasteiger partial charge in [0, 0.05) is 26.3 Å². The van der Waals surface area contributed by atoms with E-state index in [4.69, 9.17) is 4.74 Å². The average molecular weight is 223 g/mol. The van der Waals surface area contributed by atoms with E-state index >= 15 is 0 Å². The molecule has 0 aliphatic carbocycles. The number of aromatic hydroxyl groups is 1. The summed E-state index contributed by atoms with van der Waals surface area (Å²) in [6, 6.07) is 7.59. The Morgan fingerprint density at radius 1 is 1.38 bits per heavy atom. The molecule has 90 valence electrons. The van der Waals surface area contributed by atoms with Gasteiger partial charge in [-0.15, -0.1) is 0 Å². The Bertz CT molecular complexity index is 315. The Morgan fingerprint density at radius 2 is 2.12 bits per heavy atom. The van der Waals surface area contributed by atoms with Crippen molar-refractivity contribution in [3.05, 3.63) is 29.8 Å². The number of benzene rings is 1. The zero-order chi connectivity index (χ0) is 12.0. The number of phenolic OH excluding ortho intramolecular Hbond substituents is 1. The number of rotatable bonds is 6. The van der Waals surface area contributed by atoms with Gasteiger partial charge in [-0.25, -0.2) is 0 Å². The number of ether oxygens (including phenoxy) is 1. The lowest BCUT2D eigenvalue weighted by Crippen LogP contribution is -2.26. The molecule has 0 aliphatic heterocycles. The first-order valence-electron chi connectivity index (χ1n) is 5.64. The number of methoxy groups -OCH3 is 1. The van der Waals surface area contributed by atoms with Crippen molar-refractivity contribution in [1.82, 2.24) is 5.32 Å². The van der Waals surface area contributed by atoms with E-state index in [0.29, 0.717) is 11.7 Å². The first kappa shape index (κ1) is 13.0. The quantitative estimate of drug-likeness (QED) is 0.777. The molecule has 0 amide bonds. The first-order chi connectivity index (χ1) is 7.63. The van der Waals surface area contributed by atoms with Crippen molar-refractivity contribution in [1.29, 1.82) is 0 Å². The third kappa shape index (κ3) is 4.21. The van der Waals surface area contributed by atoms with E-state index in [-0.39, 0.29) is 6.04 Å². The number of nitrogens with one attached hydrogen (secondary N) is 1. The van der Waals surface area contributed by atoms with Crippen molar-refractivity contribution in [2.75, 3.05) is 20.3 Å². The summed E-state index contributed by atoms with van der Waals surface area (Å²) >= 11 is 0. The summed E-state index contributed by atoms with van der Waals surface area (Å²) in [6.45, 7) is 5.91. The highest BCUT2D eigenvalue weighted by molar-refractivity contribution is 5.28. The fourth-order valence-electron chi connectivity index (χ4n) is 1.63. The summed E-state index contributed by atoms with van der Waals surface area (Å²) in [6.07, 6.45) is 0. The minimum atomic E-state index is 0.242. The van der Waals surface area contributed by atoms with Gasteiger partial charge in [0.2, 0.25) is 0 Å². The SMILES string of the molecule is COC[C@H](C)CN[C@H](C)c1cccc(O)c1. The molecule has 0 heterocycles. The highest BCUT2D eigenvalue weighted by Crippen LogP contribution is 2.17. The van der Waals surface area contributed by atoms with Gasteiger partial charge in [-0.3, -0.25) is 0 Å². The van der Waals surface area contributed by atoms with Crippen LogP contribution in [0.1, 0.15) is 25.5 Å². The van der Waals surface area contributed by atoms with Crippen LogP contribution < -0.4 is 5.32 Å². The Hall–Kier alpha value is -1.06. The van der Waals surface area contributed by atoms with E-state index in [0.717, 1.165) is 18.7 Å². The van der Waals surface area contributed by atoms with Crippen molar-refractivity contribution < 1.29 is 9.84 Å². The molecule has 0 aromatic heterocycles. The highest BCUT2D eigenvalue weighted by atomic mass is 16.5. The minimum absolute atomic E-state index is 0.242. The molecule has 0 saturated heterocycles. The monoisotopic (exact) mass is 223 g/mol. The van der Waals surface area contributed by atoms with E-state index in [1.54, 1.807) is 19.2 Å². The molecule has 3 heteroatoms. The lowest BCUT2D eigenvalue weighted by Gasteiger charge is -2.17. The molecule has 2 N–H and O–H groups in total. The molecule has 2 atom stereocenters. The molecule has 0 unspecified atom stereocenters. The molecule has 0 radical (unpaired) electrons.